The summed E-state index contributed by atoms with van der Waals surface area (Å²) in [6.45, 7) is 3.63. The summed E-state index contributed by atoms with van der Waals surface area (Å²) in [5, 5.41) is 7.58. The molecule has 20 heavy (non-hydrogen) atoms. The molecule has 3 N–H and O–H groups in total. The van der Waals surface area contributed by atoms with E-state index >= 15 is 0 Å². The van der Waals surface area contributed by atoms with Gasteiger partial charge in [-0.05, 0) is 24.5 Å². The lowest BCUT2D eigenvalue weighted by Crippen LogP contribution is -2.47. The maximum Gasteiger partial charge on any atom is 0.237 e. The molecule has 4 heteroatoms. The maximum absolute atomic E-state index is 12.2. The Morgan fingerprint density at radius 1 is 1.40 bits per heavy atom. The van der Waals surface area contributed by atoms with Crippen LogP contribution in [0.1, 0.15) is 31.0 Å². The molecule has 1 aliphatic rings. The molecule has 106 valence electrons. The Morgan fingerprint density at radius 3 is 3.10 bits per heavy atom. The highest BCUT2D eigenvalue weighted by Crippen LogP contribution is 2.26. The van der Waals surface area contributed by atoms with Crippen molar-refractivity contribution in [3.8, 4) is 0 Å². The van der Waals surface area contributed by atoms with Gasteiger partial charge in [-0.1, -0.05) is 31.5 Å². The van der Waals surface area contributed by atoms with Crippen LogP contribution in [0.25, 0.3) is 10.9 Å². The predicted octanol–water partition coefficient (Wildman–Crippen LogP) is 2.10. The molecule has 1 atom stereocenters. The van der Waals surface area contributed by atoms with Crippen LogP contribution in [0.3, 0.4) is 0 Å². The first-order valence-electron chi connectivity index (χ1n) is 7.39. The van der Waals surface area contributed by atoms with Crippen molar-refractivity contribution in [2.45, 2.75) is 38.8 Å². The van der Waals surface area contributed by atoms with Gasteiger partial charge in [-0.15, -0.1) is 0 Å². The van der Waals surface area contributed by atoms with Gasteiger partial charge in [-0.25, -0.2) is 0 Å². The van der Waals surface area contributed by atoms with E-state index in [9.17, 15) is 4.79 Å². The van der Waals surface area contributed by atoms with E-state index in [1.807, 2.05) is 6.07 Å². The summed E-state index contributed by atoms with van der Waals surface area (Å²) >= 11 is 0. The van der Waals surface area contributed by atoms with Crippen molar-refractivity contribution in [2.24, 2.45) is 0 Å². The Kier molecular flexibility index (Phi) is 3.74. The first-order chi connectivity index (χ1) is 9.79. The number of fused-ring (bicyclic) bond motifs is 3. The van der Waals surface area contributed by atoms with E-state index in [-0.39, 0.29) is 11.9 Å². The molecular weight excluding hydrogens is 250 g/mol. The average Bonchev–Trinajstić information content (AvgIpc) is 2.85. The monoisotopic (exact) mass is 271 g/mol. The SMILES string of the molecule is CCCCNC(=O)C1Cc2c([nH]c3ccccc23)CN1. The normalized spacial score (nSPS) is 17.9. The van der Waals surface area contributed by atoms with Crippen molar-refractivity contribution in [3.05, 3.63) is 35.5 Å². The van der Waals surface area contributed by atoms with Crippen molar-refractivity contribution in [2.75, 3.05) is 6.54 Å². The first kappa shape index (κ1) is 13.2. The van der Waals surface area contributed by atoms with E-state index in [4.69, 9.17) is 0 Å². The summed E-state index contributed by atoms with van der Waals surface area (Å²) in [7, 11) is 0. The zero-order chi connectivity index (χ0) is 13.9. The van der Waals surface area contributed by atoms with Crippen LogP contribution in [-0.2, 0) is 17.8 Å². The molecule has 0 spiro atoms. The van der Waals surface area contributed by atoms with E-state index < -0.39 is 0 Å². The third kappa shape index (κ3) is 2.43. The molecule has 1 aromatic heterocycles. The zero-order valence-electron chi connectivity index (χ0n) is 11.8. The van der Waals surface area contributed by atoms with Gasteiger partial charge < -0.3 is 10.3 Å². The minimum Gasteiger partial charge on any atom is -0.357 e. The van der Waals surface area contributed by atoms with E-state index in [0.717, 1.165) is 37.9 Å². The minimum absolute atomic E-state index is 0.112. The largest absolute Gasteiger partial charge is 0.357 e. The van der Waals surface area contributed by atoms with Gasteiger partial charge in [0.05, 0.1) is 6.04 Å². The molecule has 1 aromatic carbocycles. The number of para-hydroxylation sites is 1. The molecule has 0 fully saturated rings. The Hall–Kier alpha value is -1.81. The number of unbranched alkanes of at least 4 members (excludes halogenated alkanes) is 1. The van der Waals surface area contributed by atoms with Crippen LogP contribution in [0.5, 0.6) is 0 Å². The lowest BCUT2D eigenvalue weighted by molar-refractivity contribution is -0.123. The smallest absolute Gasteiger partial charge is 0.237 e. The first-order valence-corrected chi connectivity index (χ1v) is 7.39. The Balaban J connectivity index is 1.76. The highest BCUT2D eigenvalue weighted by Gasteiger charge is 2.26. The van der Waals surface area contributed by atoms with Gasteiger partial charge in [0.25, 0.3) is 0 Å². The molecule has 0 saturated carbocycles. The third-order valence-electron chi connectivity index (χ3n) is 3.98. The Labute approximate surface area is 118 Å². The number of nitrogens with one attached hydrogen (secondary N) is 3. The lowest BCUT2D eigenvalue weighted by Gasteiger charge is -2.23. The number of rotatable bonds is 4. The summed E-state index contributed by atoms with van der Waals surface area (Å²) in [6.07, 6.45) is 2.90. The molecule has 0 aliphatic carbocycles. The molecule has 1 aliphatic heterocycles. The highest BCUT2D eigenvalue weighted by molar-refractivity contribution is 5.88. The van der Waals surface area contributed by atoms with Crippen LogP contribution in [0.4, 0.5) is 0 Å². The van der Waals surface area contributed by atoms with Gasteiger partial charge >= 0.3 is 0 Å². The van der Waals surface area contributed by atoms with Crippen LogP contribution in [0.2, 0.25) is 0 Å². The van der Waals surface area contributed by atoms with Gasteiger partial charge in [0, 0.05) is 29.7 Å². The fraction of sp³-hybridized carbons (Fsp3) is 0.438. The molecule has 2 heterocycles. The van der Waals surface area contributed by atoms with Gasteiger partial charge in [-0.2, -0.15) is 0 Å². The molecule has 4 nitrogen and oxygen atoms in total. The minimum atomic E-state index is -0.112. The molecule has 1 amide bonds. The number of H-pyrrole nitrogens is 1. The second-order valence-corrected chi connectivity index (χ2v) is 5.41. The standard InChI is InChI=1S/C16H21N3O/c1-2-3-8-17-16(20)14-9-12-11-6-4-5-7-13(11)19-15(12)10-18-14/h4-7,14,18-19H,2-3,8-10H2,1H3,(H,17,20). The number of benzene rings is 1. The van der Waals surface area contributed by atoms with Crippen LogP contribution < -0.4 is 10.6 Å². The van der Waals surface area contributed by atoms with Crippen molar-refractivity contribution in [1.29, 1.82) is 0 Å². The van der Waals surface area contributed by atoms with Crippen molar-refractivity contribution < 1.29 is 4.79 Å². The van der Waals surface area contributed by atoms with Gasteiger partial charge in [-0.3, -0.25) is 10.1 Å². The topological polar surface area (TPSA) is 56.9 Å². The Bertz CT molecular complexity index is 617. The predicted molar refractivity (Wildman–Crippen MR) is 80.5 cm³/mol. The number of aromatic amines is 1. The highest BCUT2D eigenvalue weighted by atomic mass is 16.2. The maximum atomic E-state index is 12.2. The summed E-state index contributed by atoms with van der Waals surface area (Å²) in [6, 6.07) is 8.19. The number of hydrogen-bond donors (Lipinski definition) is 3. The molecule has 0 saturated heterocycles. The second-order valence-electron chi connectivity index (χ2n) is 5.41. The Morgan fingerprint density at radius 2 is 2.25 bits per heavy atom. The fourth-order valence-electron chi connectivity index (χ4n) is 2.84. The zero-order valence-corrected chi connectivity index (χ0v) is 11.8. The number of aromatic nitrogens is 1. The van der Waals surface area contributed by atoms with Crippen molar-refractivity contribution in [3.63, 3.8) is 0 Å². The number of carbonyl (C=O) groups is 1. The summed E-state index contributed by atoms with van der Waals surface area (Å²) in [5.74, 6) is 0.120. The summed E-state index contributed by atoms with van der Waals surface area (Å²) < 4.78 is 0. The number of amides is 1. The third-order valence-corrected chi connectivity index (χ3v) is 3.98. The van der Waals surface area contributed by atoms with Gasteiger partial charge in [0.2, 0.25) is 5.91 Å². The average molecular weight is 271 g/mol. The number of carbonyl (C=O) groups excluding carboxylic acids is 1. The van der Waals surface area contributed by atoms with Crippen molar-refractivity contribution in [1.82, 2.24) is 15.6 Å². The summed E-state index contributed by atoms with van der Waals surface area (Å²) in [4.78, 5) is 15.6. The molecule has 0 radical (unpaired) electrons. The molecule has 3 rings (SSSR count). The fourth-order valence-corrected chi connectivity index (χ4v) is 2.84. The van der Waals surface area contributed by atoms with Crippen LogP contribution in [0.15, 0.2) is 24.3 Å². The molecule has 1 unspecified atom stereocenters. The summed E-state index contributed by atoms with van der Waals surface area (Å²) in [5.41, 5.74) is 3.66. The van der Waals surface area contributed by atoms with Crippen LogP contribution in [-0.4, -0.2) is 23.5 Å². The van der Waals surface area contributed by atoms with Gasteiger partial charge in [0.15, 0.2) is 0 Å². The lowest BCUT2D eigenvalue weighted by atomic mass is 9.98. The van der Waals surface area contributed by atoms with Crippen molar-refractivity contribution >= 4 is 16.8 Å². The number of hydrogen-bond acceptors (Lipinski definition) is 2. The quantitative estimate of drug-likeness (QED) is 0.746. The van der Waals surface area contributed by atoms with Crippen LogP contribution >= 0.6 is 0 Å². The molecule has 0 bridgehead atoms. The van der Waals surface area contributed by atoms with E-state index in [0.29, 0.717) is 0 Å². The second kappa shape index (κ2) is 5.67. The van der Waals surface area contributed by atoms with E-state index in [2.05, 4.69) is 40.7 Å². The van der Waals surface area contributed by atoms with E-state index in [1.165, 1.54) is 16.6 Å². The molecule has 2 aromatic rings. The van der Waals surface area contributed by atoms with Crippen LogP contribution in [0, 0.1) is 0 Å². The van der Waals surface area contributed by atoms with E-state index in [1.54, 1.807) is 0 Å². The van der Waals surface area contributed by atoms with Gasteiger partial charge in [0.1, 0.15) is 0 Å². The molecular formula is C16H21N3O.